The maximum Gasteiger partial charge on any atom is 0.309 e. The van der Waals surface area contributed by atoms with Crippen molar-refractivity contribution in [3.63, 3.8) is 0 Å². The summed E-state index contributed by atoms with van der Waals surface area (Å²) < 4.78 is 4.80. The number of carbonyl (C=O) groups is 1. The fraction of sp³-hybridized carbons (Fsp3) is 0.588. The second kappa shape index (κ2) is 7.44. The molecule has 3 heteroatoms. The number of benzene rings is 1. The molecule has 0 amide bonds. The van der Waals surface area contributed by atoms with Crippen molar-refractivity contribution in [2.24, 2.45) is 5.92 Å². The number of nitrogens with one attached hydrogen (secondary N) is 1. The molecule has 2 atom stereocenters. The van der Waals surface area contributed by atoms with Gasteiger partial charge in [0.15, 0.2) is 0 Å². The molecule has 0 spiro atoms. The van der Waals surface area contributed by atoms with Gasteiger partial charge in [-0.15, -0.1) is 0 Å². The maximum absolute atomic E-state index is 11.6. The Labute approximate surface area is 122 Å². The highest BCUT2D eigenvalue weighted by Gasteiger charge is 2.26. The molecule has 1 aromatic carbocycles. The summed E-state index contributed by atoms with van der Waals surface area (Å²) in [6.07, 6.45) is 2.05. The first-order valence-corrected chi connectivity index (χ1v) is 7.25. The van der Waals surface area contributed by atoms with E-state index in [1.165, 1.54) is 12.7 Å². The fourth-order valence-electron chi connectivity index (χ4n) is 2.31. The second-order valence-corrected chi connectivity index (χ2v) is 6.11. The van der Waals surface area contributed by atoms with Gasteiger partial charge >= 0.3 is 5.97 Å². The average Bonchev–Trinajstić information content (AvgIpc) is 2.44. The van der Waals surface area contributed by atoms with E-state index in [0.29, 0.717) is 0 Å². The van der Waals surface area contributed by atoms with Crippen molar-refractivity contribution in [3.05, 3.63) is 35.9 Å². The van der Waals surface area contributed by atoms with E-state index in [4.69, 9.17) is 4.74 Å². The molecule has 1 N–H and O–H groups in total. The van der Waals surface area contributed by atoms with Crippen LogP contribution in [-0.4, -0.2) is 24.7 Å². The molecular formula is C17H27NO2. The molecule has 2 unspecified atom stereocenters. The lowest BCUT2D eigenvalue weighted by Gasteiger charge is -2.32. The normalized spacial score (nSPS) is 14.7. The smallest absolute Gasteiger partial charge is 0.309 e. The predicted octanol–water partition coefficient (Wildman–Crippen LogP) is 3.19. The van der Waals surface area contributed by atoms with Crippen molar-refractivity contribution in [1.29, 1.82) is 0 Å². The van der Waals surface area contributed by atoms with Gasteiger partial charge in [-0.2, -0.15) is 0 Å². The topological polar surface area (TPSA) is 38.3 Å². The number of hydrogen-bond acceptors (Lipinski definition) is 3. The number of rotatable bonds is 7. The summed E-state index contributed by atoms with van der Waals surface area (Å²) >= 11 is 0. The summed E-state index contributed by atoms with van der Waals surface area (Å²) in [6.45, 7) is 8.29. The summed E-state index contributed by atoms with van der Waals surface area (Å²) in [5.41, 5.74) is 1.33. The summed E-state index contributed by atoms with van der Waals surface area (Å²) in [7, 11) is 1.44. The van der Waals surface area contributed by atoms with Crippen molar-refractivity contribution in [3.8, 4) is 0 Å². The summed E-state index contributed by atoms with van der Waals surface area (Å²) in [5.74, 6) is -0.306. The van der Waals surface area contributed by atoms with Gasteiger partial charge in [0.05, 0.1) is 13.0 Å². The third-order valence-corrected chi connectivity index (χ3v) is 3.82. The molecule has 3 nitrogen and oxygen atoms in total. The van der Waals surface area contributed by atoms with Gasteiger partial charge in [-0.1, -0.05) is 37.3 Å². The Bertz CT molecular complexity index is 414. The van der Waals surface area contributed by atoms with Gasteiger partial charge in [0.2, 0.25) is 0 Å². The first kappa shape index (κ1) is 16.7. The Morgan fingerprint density at radius 2 is 1.85 bits per heavy atom. The third kappa shape index (κ3) is 5.33. The van der Waals surface area contributed by atoms with Crippen LogP contribution in [0.5, 0.6) is 0 Å². The molecule has 0 fully saturated rings. The Kier molecular flexibility index (Phi) is 6.21. The molecule has 1 rings (SSSR count). The van der Waals surface area contributed by atoms with Crippen LogP contribution in [0.2, 0.25) is 0 Å². The van der Waals surface area contributed by atoms with E-state index >= 15 is 0 Å². The van der Waals surface area contributed by atoms with Crippen molar-refractivity contribution in [2.75, 3.05) is 7.11 Å². The minimum atomic E-state index is -0.163. The SMILES string of the molecule is COC(=O)C(C)C(C)NC(C)(C)CCc1ccccc1. The predicted molar refractivity (Wildman–Crippen MR) is 82.6 cm³/mol. The second-order valence-electron chi connectivity index (χ2n) is 6.11. The van der Waals surface area contributed by atoms with E-state index in [9.17, 15) is 4.79 Å². The molecule has 0 bridgehead atoms. The van der Waals surface area contributed by atoms with Gasteiger partial charge in [-0.3, -0.25) is 4.79 Å². The van der Waals surface area contributed by atoms with Crippen LogP contribution in [0, 0.1) is 5.92 Å². The zero-order valence-corrected chi connectivity index (χ0v) is 13.3. The van der Waals surface area contributed by atoms with Crippen molar-refractivity contribution in [1.82, 2.24) is 5.32 Å². The van der Waals surface area contributed by atoms with Gasteiger partial charge in [0.1, 0.15) is 0 Å². The van der Waals surface area contributed by atoms with Gasteiger partial charge in [0.25, 0.3) is 0 Å². The minimum absolute atomic E-state index is 0.0163. The number of esters is 1. The van der Waals surface area contributed by atoms with Crippen LogP contribution in [0.15, 0.2) is 30.3 Å². The van der Waals surface area contributed by atoms with Crippen LogP contribution in [0.4, 0.5) is 0 Å². The highest BCUT2D eigenvalue weighted by atomic mass is 16.5. The van der Waals surface area contributed by atoms with E-state index in [0.717, 1.165) is 12.8 Å². The van der Waals surface area contributed by atoms with Gasteiger partial charge in [-0.05, 0) is 39.2 Å². The average molecular weight is 277 g/mol. The largest absolute Gasteiger partial charge is 0.469 e. The quantitative estimate of drug-likeness (QED) is 0.778. The van der Waals surface area contributed by atoms with Crippen molar-refractivity contribution in [2.45, 2.75) is 52.1 Å². The van der Waals surface area contributed by atoms with E-state index in [1.807, 2.05) is 19.9 Å². The number of methoxy groups -OCH3 is 1. The van der Waals surface area contributed by atoms with Crippen molar-refractivity contribution < 1.29 is 9.53 Å². The lowest BCUT2D eigenvalue weighted by molar-refractivity contribution is -0.145. The van der Waals surface area contributed by atoms with E-state index in [1.54, 1.807) is 0 Å². The Morgan fingerprint density at radius 1 is 1.25 bits per heavy atom. The molecule has 0 aromatic heterocycles. The monoisotopic (exact) mass is 277 g/mol. The first-order valence-electron chi connectivity index (χ1n) is 7.25. The Balaban J connectivity index is 2.50. The molecule has 0 heterocycles. The molecule has 20 heavy (non-hydrogen) atoms. The highest BCUT2D eigenvalue weighted by Crippen LogP contribution is 2.17. The van der Waals surface area contributed by atoms with Crippen LogP contribution in [0.25, 0.3) is 0 Å². The van der Waals surface area contributed by atoms with E-state index in [2.05, 4.69) is 43.4 Å². The molecule has 0 aliphatic carbocycles. The van der Waals surface area contributed by atoms with E-state index in [-0.39, 0.29) is 23.5 Å². The lowest BCUT2D eigenvalue weighted by Crippen LogP contribution is -2.49. The zero-order chi connectivity index (χ0) is 15.2. The van der Waals surface area contributed by atoms with Gasteiger partial charge in [0, 0.05) is 11.6 Å². The molecule has 0 aliphatic heterocycles. The molecule has 0 saturated heterocycles. The molecule has 112 valence electrons. The molecular weight excluding hydrogens is 250 g/mol. The molecule has 0 saturated carbocycles. The van der Waals surface area contributed by atoms with E-state index < -0.39 is 0 Å². The highest BCUT2D eigenvalue weighted by molar-refractivity contribution is 5.72. The Hall–Kier alpha value is -1.35. The van der Waals surface area contributed by atoms with Crippen LogP contribution >= 0.6 is 0 Å². The van der Waals surface area contributed by atoms with Crippen LogP contribution in [0.3, 0.4) is 0 Å². The molecule has 0 aliphatic rings. The number of carbonyl (C=O) groups excluding carboxylic acids is 1. The molecule has 0 radical (unpaired) electrons. The fourth-order valence-corrected chi connectivity index (χ4v) is 2.31. The van der Waals surface area contributed by atoms with Crippen LogP contribution in [-0.2, 0) is 16.0 Å². The standard InChI is InChI=1S/C17H27NO2/c1-13(16(19)20-5)14(2)18-17(3,4)12-11-15-9-7-6-8-10-15/h6-10,13-14,18H,11-12H2,1-5H3. The number of ether oxygens (including phenoxy) is 1. The van der Waals surface area contributed by atoms with Gasteiger partial charge < -0.3 is 10.1 Å². The Morgan fingerprint density at radius 3 is 2.40 bits per heavy atom. The minimum Gasteiger partial charge on any atom is -0.469 e. The summed E-state index contributed by atoms with van der Waals surface area (Å²) in [4.78, 5) is 11.6. The van der Waals surface area contributed by atoms with Crippen molar-refractivity contribution >= 4 is 5.97 Å². The van der Waals surface area contributed by atoms with Crippen LogP contribution < -0.4 is 5.32 Å². The van der Waals surface area contributed by atoms with Crippen LogP contribution in [0.1, 0.15) is 39.7 Å². The lowest BCUT2D eigenvalue weighted by atomic mass is 9.92. The summed E-state index contributed by atoms with van der Waals surface area (Å²) in [5, 5.41) is 3.54. The summed E-state index contributed by atoms with van der Waals surface area (Å²) in [6, 6.07) is 10.6. The number of hydrogen-bond donors (Lipinski definition) is 1. The van der Waals surface area contributed by atoms with Gasteiger partial charge in [-0.25, -0.2) is 0 Å². The first-order chi connectivity index (χ1) is 9.35. The zero-order valence-electron chi connectivity index (χ0n) is 13.3. The molecule has 1 aromatic rings. The maximum atomic E-state index is 11.6. The third-order valence-electron chi connectivity index (χ3n) is 3.82. The number of aryl methyl sites for hydroxylation is 1.